The normalized spacial score (nSPS) is 14.3. The molecule has 31 heavy (non-hydrogen) atoms. The van der Waals surface area contributed by atoms with E-state index in [1.807, 2.05) is 55.5 Å². The Morgan fingerprint density at radius 3 is 2.55 bits per heavy atom. The molecule has 2 aromatic carbocycles. The molecule has 2 aromatic heterocycles. The third kappa shape index (κ3) is 3.65. The van der Waals surface area contributed by atoms with E-state index in [0.717, 1.165) is 37.9 Å². The van der Waals surface area contributed by atoms with E-state index < -0.39 is 0 Å². The highest BCUT2D eigenvalue weighted by atomic mass is 16.5. The predicted molar refractivity (Wildman–Crippen MR) is 116 cm³/mol. The smallest absolute Gasteiger partial charge is 0.351 e. The van der Waals surface area contributed by atoms with E-state index in [1.54, 1.807) is 4.90 Å². The molecule has 0 spiro atoms. The summed E-state index contributed by atoms with van der Waals surface area (Å²) in [6, 6.07) is 14.9. The van der Waals surface area contributed by atoms with Gasteiger partial charge in [-0.15, -0.1) is 5.10 Å². The van der Waals surface area contributed by atoms with Gasteiger partial charge < -0.3 is 9.64 Å². The Balaban J connectivity index is 1.59. The minimum atomic E-state index is -0.382. The lowest BCUT2D eigenvalue weighted by molar-refractivity contribution is -0.133. The lowest BCUT2D eigenvalue weighted by Gasteiger charge is -2.26. The first-order chi connectivity index (χ1) is 15.1. The van der Waals surface area contributed by atoms with Crippen LogP contribution >= 0.6 is 0 Å². The summed E-state index contributed by atoms with van der Waals surface area (Å²) in [7, 11) is 0. The summed E-state index contributed by atoms with van der Waals surface area (Å²) in [5, 5.41) is 4.44. The van der Waals surface area contributed by atoms with E-state index in [-0.39, 0.29) is 29.7 Å². The molecule has 0 atom stereocenters. The molecule has 0 unspecified atom stereocenters. The topological polar surface area (TPSA) is 81.7 Å². The number of aryl methyl sites for hydroxylation is 1. The molecule has 0 N–H and O–H groups in total. The Bertz CT molecular complexity index is 1320. The summed E-state index contributed by atoms with van der Waals surface area (Å²) in [5.74, 6) is 0.731. The summed E-state index contributed by atoms with van der Waals surface area (Å²) in [5.41, 5.74) is 2.25. The number of amides is 1. The third-order valence-electron chi connectivity index (χ3n) is 5.60. The van der Waals surface area contributed by atoms with Crippen LogP contribution in [-0.4, -0.2) is 43.1 Å². The fourth-order valence-corrected chi connectivity index (χ4v) is 3.93. The maximum absolute atomic E-state index is 13.2. The standard InChI is InChI=1S/C23H23N5O3/c1-16-9-11-17(12-10-16)31-22-21-25-27(15-20(29)26-13-5-2-6-14-26)23(30)28(21)19-8-4-3-7-18(19)24-22/h3-4,7-12H,2,5-6,13-15H2,1H3. The Labute approximate surface area is 178 Å². The van der Waals surface area contributed by atoms with Crippen molar-refractivity contribution in [2.45, 2.75) is 32.7 Å². The van der Waals surface area contributed by atoms with Crippen LogP contribution in [0.1, 0.15) is 24.8 Å². The Hall–Kier alpha value is -3.68. The van der Waals surface area contributed by atoms with Crippen LogP contribution in [0.15, 0.2) is 53.3 Å². The quantitative estimate of drug-likeness (QED) is 0.509. The summed E-state index contributed by atoms with van der Waals surface area (Å²) < 4.78 is 8.68. The largest absolute Gasteiger partial charge is 0.436 e. The highest BCUT2D eigenvalue weighted by molar-refractivity contribution is 5.80. The summed E-state index contributed by atoms with van der Waals surface area (Å²) >= 11 is 0. The van der Waals surface area contributed by atoms with Crippen molar-refractivity contribution in [2.75, 3.05) is 13.1 Å². The number of nitrogens with zero attached hydrogens (tertiary/aromatic N) is 5. The van der Waals surface area contributed by atoms with Crippen LogP contribution in [0.4, 0.5) is 0 Å². The van der Waals surface area contributed by atoms with Crippen LogP contribution in [0, 0.1) is 6.92 Å². The highest BCUT2D eigenvalue weighted by Gasteiger charge is 2.22. The Morgan fingerprint density at radius 1 is 1.03 bits per heavy atom. The van der Waals surface area contributed by atoms with Gasteiger partial charge in [-0.1, -0.05) is 29.8 Å². The van der Waals surface area contributed by atoms with E-state index in [0.29, 0.717) is 16.8 Å². The van der Waals surface area contributed by atoms with Gasteiger partial charge in [0.1, 0.15) is 12.3 Å². The van der Waals surface area contributed by atoms with Crippen molar-refractivity contribution in [2.24, 2.45) is 0 Å². The number of carbonyl (C=O) groups is 1. The molecule has 8 heteroatoms. The second-order valence-corrected chi connectivity index (χ2v) is 7.86. The van der Waals surface area contributed by atoms with Crippen molar-refractivity contribution in [1.29, 1.82) is 0 Å². The summed E-state index contributed by atoms with van der Waals surface area (Å²) in [6.07, 6.45) is 3.12. The van der Waals surface area contributed by atoms with E-state index in [4.69, 9.17) is 4.74 Å². The number of hydrogen-bond donors (Lipinski definition) is 0. The summed E-state index contributed by atoms with van der Waals surface area (Å²) in [6.45, 7) is 3.36. The monoisotopic (exact) mass is 417 g/mol. The van der Waals surface area contributed by atoms with Gasteiger partial charge in [0.2, 0.25) is 11.6 Å². The number of ether oxygens (including phenoxy) is 1. The van der Waals surface area contributed by atoms with Gasteiger partial charge in [0, 0.05) is 13.1 Å². The zero-order chi connectivity index (χ0) is 21.4. The SMILES string of the molecule is Cc1ccc(Oc2nc3ccccc3n3c(=O)n(CC(=O)N4CCCCC4)nc23)cc1. The number of para-hydroxylation sites is 2. The minimum absolute atomic E-state index is 0.0940. The van der Waals surface area contributed by atoms with Gasteiger partial charge in [0.15, 0.2) is 0 Å². The van der Waals surface area contributed by atoms with E-state index in [9.17, 15) is 9.59 Å². The molecule has 158 valence electrons. The maximum atomic E-state index is 13.2. The van der Waals surface area contributed by atoms with Crippen LogP contribution in [0.25, 0.3) is 16.7 Å². The molecule has 0 aliphatic carbocycles. The summed E-state index contributed by atoms with van der Waals surface area (Å²) in [4.78, 5) is 32.4. The van der Waals surface area contributed by atoms with Gasteiger partial charge in [-0.3, -0.25) is 4.79 Å². The van der Waals surface area contributed by atoms with Crippen molar-refractivity contribution in [1.82, 2.24) is 24.1 Å². The van der Waals surface area contributed by atoms with Gasteiger partial charge in [-0.2, -0.15) is 0 Å². The van der Waals surface area contributed by atoms with Gasteiger partial charge in [0.05, 0.1) is 11.0 Å². The Morgan fingerprint density at radius 2 is 1.77 bits per heavy atom. The second kappa shape index (κ2) is 7.86. The fourth-order valence-electron chi connectivity index (χ4n) is 3.93. The molecule has 0 bridgehead atoms. The number of carbonyl (C=O) groups excluding carboxylic acids is 1. The fraction of sp³-hybridized carbons (Fsp3) is 0.304. The van der Waals surface area contributed by atoms with Crippen LogP contribution in [-0.2, 0) is 11.3 Å². The van der Waals surface area contributed by atoms with Crippen molar-refractivity contribution in [3.8, 4) is 11.6 Å². The first-order valence-electron chi connectivity index (χ1n) is 10.5. The molecular weight excluding hydrogens is 394 g/mol. The number of piperidine rings is 1. The zero-order valence-electron chi connectivity index (χ0n) is 17.3. The molecule has 0 radical (unpaired) electrons. The Kier molecular flexibility index (Phi) is 4.89. The molecule has 5 rings (SSSR count). The van der Waals surface area contributed by atoms with Crippen molar-refractivity contribution in [3.63, 3.8) is 0 Å². The van der Waals surface area contributed by atoms with E-state index in [1.165, 1.54) is 9.08 Å². The van der Waals surface area contributed by atoms with Crippen LogP contribution < -0.4 is 10.4 Å². The average molecular weight is 417 g/mol. The maximum Gasteiger partial charge on any atom is 0.351 e. The molecule has 1 amide bonds. The lowest BCUT2D eigenvalue weighted by atomic mass is 10.1. The van der Waals surface area contributed by atoms with E-state index in [2.05, 4.69) is 10.1 Å². The van der Waals surface area contributed by atoms with E-state index >= 15 is 0 Å². The zero-order valence-corrected chi connectivity index (χ0v) is 17.3. The first-order valence-corrected chi connectivity index (χ1v) is 10.5. The first kappa shape index (κ1) is 19.3. The predicted octanol–water partition coefficient (Wildman–Crippen LogP) is 3.16. The van der Waals surface area contributed by atoms with Crippen molar-refractivity contribution < 1.29 is 9.53 Å². The number of likely N-dealkylation sites (tertiary alicyclic amines) is 1. The second-order valence-electron chi connectivity index (χ2n) is 7.86. The molecule has 1 aliphatic rings. The molecule has 8 nitrogen and oxygen atoms in total. The lowest BCUT2D eigenvalue weighted by Crippen LogP contribution is -2.39. The number of fused-ring (bicyclic) bond motifs is 3. The van der Waals surface area contributed by atoms with Crippen LogP contribution in [0.5, 0.6) is 11.6 Å². The van der Waals surface area contributed by atoms with Gasteiger partial charge in [-0.25, -0.2) is 18.9 Å². The average Bonchev–Trinajstić information content (AvgIpc) is 3.12. The minimum Gasteiger partial charge on any atom is -0.436 e. The third-order valence-corrected chi connectivity index (χ3v) is 5.60. The van der Waals surface area contributed by atoms with Gasteiger partial charge >= 0.3 is 5.69 Å². The highest BCUT2D eigenvalue weighted by Crippen LogP contribution is 2.26. The van der Waals surface area contributed by atoms with Crippen LogP contribution in [0.2, 0.25) is 0 Å². The molecule has 1 aliphatic heterocycles. The number of hydrogen-bond acceptors (Lipinski definition) is 5. The van der Waals surface area contributed by atoms with Crippen molar-refractivity contribution >= 4 is 22.6 Å². The molecule has 1 fully saturated rings. The van der Waals surface area contributed by atoms with Crippen molar-refractivity contribution in [3.05, 3.63) is 64.6 Å². The number of benzene rings is 2. The molecule has 4 aromatic rings. The molecule has 0 saturated carbocycles. The van der Waals surface area contributed by atoms with Crippen LogP contribution in [0.3, 0.4) is 0 Å². The van der Waals surface area contributed by atoms with Gasteiger partial charge in [-0.05, 0) is 50.5 Å². The van der Waals surface area contributed by atoms with Gasteiger partial charge in [0.25, 0.3) is 5.88 Å². The molecular formula is C23H23N5O3. The number of rotatable bonds is 4. The molecule has 3 heterocycles. The molecule has 1 saturated heterocycles. The number of aromatic nitrogens is 4.